The van der Waals surface area contributed by atoms with E-state index in [-0.39, 0.29) is 12.6 Å². The molecule has 96 valence electrons. The minimum Gasteiger partial charge on any atom is -0.377 e. The number of hydrogen-bond donors (Lipinski definition) is 5. The fourth-order valence-electron chi connectivity index (χ4n) is 1.48. The predicted molar refractivity (Wildman–Crippen MR) is 54.9 cm³/mol. The average molecular weight is 275 g/mol. The van der Waals surface area contributed by atoms with Crippen LogP contribution in [0.2, 0.25) is 0 Å². The molecule has 0 saturated carbocycles. The Hall–Kier alpha value is 0.220. The third-order valence-electron chi connectivity index (χ3n) is 2.19. The highest BCUT2D eigenvalue weighted by atomic mass is 31.2. The lowest BCUT2D eigenvalue weighted by atomic mass is 10.2. The number of hydrogen-bond acceptors (Lipinski definition) is 4. The first-order valence-corrected chi connectivity index (χ1v) is 8.03. The van der Waals surface area contributed by atoms with Crippen molar-refractivity contribution in [1.29, 1.82) is 0 Å². The lowest BCUT2D eigenvalue weighted by Gasteiger charge is -2.22. The van der Waals surface area contributed by atoms with Crippen molar-refractivity contribution in [1.82, 2.24) is 5.32 Å². The Bertz CT molecular complexity index is 295. The van der Waals surface area contributed by atoms with Gasteiger partial charge in [-0.3, -0.25) is 14.4 Å². The van der Waals surface area contributed by atoms with Crippen molar-refractivity contribution in [2.24, 2.45) is 0 Å². The van der Waals surface area contributed by atoms with Crippen LogP contribution in [0, 0.1) is 0 Å². The van der Waals surface area contributed by atoms with Gasteiger partial charge in [0.25, 0.3) is 0 Å². The Balaban J connectivity index is 2.58. The van der Waals surface area contributed by atoms with Crippen LogP contribution in [-0.4, -0.2) is 44.4 Å². The molecule has 0 bridgehead atoms. The second-order valence-corrected chi connectivity index (χ2v) is 7.39. The molecule has 10 heteroatoms. The standard InChI is InChI=1S/C6H15NO7P2/c8-15(9,10)6(16(11,12)13)7-4-5-2-1-3-14-5/h5-7H,1-4H2,(H2,8,9,10)(H2,11,12,13). The largest absolute Gasteiger partial charge is 0.377 e. The molecule has 0 aliphatic carbocycles. The molecule has 0 aromatic carbocycles. The Morgan fingerprint density at radius 2 is 1.81 bits per heavy atom. The van der Waals surface area contributed by atoms with Gasteiger partial charge in [-0.05, 0) is 12.8 Å². The topological polar surface area (TPSA) is 136 Å². The minimum absolute atomic E-state index is 0.0148. The zero-order chi connectivity index (χ0) is 12.4. The molecule has 1 saturated heterocycles. The zero-order valence-electron chi connectivity index (χ0n) is 8.39. The summed E-state index contributed by atoms with van der Waals surface area (Å²) < 4.78 is 26.9. The van der Waals surface area contributed by atoms with E-state index in [1.165, 1.54) is 0 Å². The fourth-order valence-corrected chi connectivity index (χ4v) is 3.73. The van der Waals surface area contributed by atoms with E-state index in [4.69, 9.17) is 24.3 Å². The maximum Gasteiger partial charge on any atom is 0.354 e. The van der Waals surface area contributed by atoms with E-state index in [1.54, 1.807) is 0 Å². The van der Waals surface area contributed by atoms with Crippen molar-refractivity contribution in [3.8, 4) is 0 Å². The van der Waals surface area contributed by atoms with E-state index in [2.05, 4.69) is 5.32 Å². The molecule has 5 N–H and O–H groups in total. The molecular weight excluding hydrogens is 260 g/mol. The second-order valence-electron chi connectivity index (χ2n) is 3.60. The molecular formula is C6H15NO7P2. The summed E-state index contributed by atoms with van der Waals surface area (Å²) in [5.74, 6) is 0. The summed E-state index contributed by atoms with van der Waals surface area (Å²) in [5.41, 5.74) is -2.15. The number of ether oxygens (including phenoxy) is 1. The molecule has 0 aromatic heterocycles. The van der Waals surface area contributed by atoms with Crippen molar-refractivity contribution in [3.63, 3.8) is 0 Å². The van der Waals surface area contributed by atoms with Crippen LogP contribution in [0.1, 0.15) is 12.8 Å². The van der Waals surface area contributed by atoms with Gasteiger partial charge in [0.2, 0.25) is 5.52 Å². The SMILES string of the molecule is O=P(O)(O)C(NCC1CCCO1)P(=O)(O)O. The maximum absolute atomic E-state index is 10.9. The normalized spacial score (nSPS) is 22.9. The summed E-state index contributed by atoms with van der Waals surface area (Å²) in [4.78, 5) is 35.2. The van der Waals surface area contributed by atoms with E-state index in [0.717, 1.165) is 6.42 Å². The average Bonchev–Trinajstić information content (AvgIpc) is 2.51. The fraction of sp³-hybridized carbons (Fsp3) is 1.00. The molecule has 1 aliphatic rings. The summed E-state index contributed by atoms with van der Waals surface area (Å²) >= 11 is 0. The number of nitrogens with one attached hydrogen (secondary N) is 1. The smallest absolute Gasteiger partial charge is 0.354 e. The van der Waals surface area contributed by atoms with Gasteiger partial charge in [-0.15, -0.1) is 0 Å². The summed E-state index contributed by atoms with van der Waals surface area (Å²) in [5, 5.41) is 2.19. The molecule has 0 amide bonds. The van der Waals surface area contributed by atoms with Crippen LogP contribution in [0.4, 0.5) is 0 Å². The summed E-state index contributed by atoms with van der Waals surface area (Å²) in [6.07, 6.45) is 1.30. The van der Waals surface area contributed by atoms with Crippen LogP contribution < -0.4 is 5.32 Å². The van der Waals surface area contributed by atoms with Crippen molar-refractivity contribution >= 4 is 15.2 Å². The van der Waals surface area contributed by atoms with E-state index in [0.29, 0.717) is 13.0 Å². The quantitative estimate of drug-likeness (QED) is 0.419. The van der Waals surface area contributed by atoms with Crippen molar-refractivity contribution < 1.29 is 33.4 Å². The van der Waals surface area contributed by atoms with Gasteiger partial charge in [0.1, 0.15) is 0 Å². The molecule has 1 aliphatic heterocycles. The molecule has 16 heavy (non-hydrogen) atoms. The lowest BCUT2D eigenvalue weighted by molar-refractivity contribution is 0.110. The first-order chi connectivity index (χ1) is 7.21. The van der Waals surface area contributed by atoms with Gasteiger partial charge in [-0.25, -0.2) is 0 Å². The third kappa shape index (κ3) is 4.24. The summed E-state index contributed by atoms with van der Waals surface area (Å²) in [6, 6.07) is 0. The van der Waals surface area contributed by atoms with E-state index in [1.807, 2.05) is 0 Å². The van der Waals surface area contributed by atoms with Crippen molar-refractivity contribution in [2.45, 2.75) is 24.5 Å². The van der Waals surface area contributed by atoms with Crippen molar-refractivity contribution in [2.75, 3.05) is 13.2 Å². The van der Waals surface area contributed by atoms with Crippen LogP contribution in [0.3, 0.4) is 0 Å². The highest BCUT2D eigenvalue weighted by Gasteiger charge is 2.43. The van der Waals surface area contributed by atoms with Crippen LogP contribution in [0.15, 0.2) is 0 Å². The van der Waals surface area contributed by atoms with Crippen LogP contribution in [-0.2, 0) is 13.9 Å². The molecule has 8 nitrogen and oxygen atoms in total. The molecule has 1 atom stereocenters. The monoisotopic (exact) mass is 275 g/mol. The van der Waals surface area contributed by atoms with Crippen LogP contribution in [0.5, 0.6) is 0 Å². The molecule has 1 heterocycles. The minimum atomic E-state index is -4.88. The Kier molecular flexibility index (Phi) is 4.68. The van der Waals surface area contributed by atoms with Crippen LogP contribution in [0.25, 0.3) is 0 Å². The third-order valence-corrected chi connectivity index (χ3v) is 5.63. The Labute approximate surface area is 92.3 Å². The van der Waals surface area contributed by atoms with Gasteiger partial charge in [0, 0.05) is 13.2 Å². The lowest BCUT2D eigenvalue weighted by Crippen LogP contribution is -2.35. The molecule has 0 aromatic rings. The number of rotatable bonds is 5. The van der Waals surface area contributed by atoms with E-state index < -0.39 is 20.7 Å². The molecule has 0 spiro atoms. The van der Waals surface area contributed by atoms with Crippen LogP contribution >= 0.6 is 15.2 Å². The molecule has 1 fully saturated rings. The van der Waals surface area contributed by atoms with E-state index >= 15 is 0 Å². The van der Waals surface area contributed by atoms with Gasteiger partial charge in [-0.2, -0.15) is 0 Å². The van der Waals surface area contributed by atoms with E-state index in [9.17, 15) is 9.13 Å². The maximum atomic E-state index is 10.9. The molecule has 1 unspecified atom stereocenters. The molecule has 0 radical (unpaired) electrons. The van der Waals surface area contributed by atoms with Gasteiger partial charge >= 0.3 is 15.2 Å². The van der Waals surface area contributed by atoms with Crippen molar-refractivity contribution in [3.05, 3.63) is 0 Å². The first kappa shape index (κ1) is 14.3. The van der Waals surface area contributed by atoms with Gasteiger partial charge < -0.3 is 24.3 Å². The molecule has 1 rings (SSSR count). The Morgan fingerprint density at radius 3 is 2.19 bits per heavy atom. The zero-order valence-corrected chi connectivity index (χ0v) is 10.2. The Morgan fingerprint density at radius 1 is 1.25 bits per heavy atom. The first-order valence-electron chi connectivity index (χ1n) is 4.66. The predicted octanol–water partition coefficient (Wildman–Crippen LogP) is -0.606. The second kappa shape index (κ2) is 5.25. The summed E-state index contributed by atoms with van der Waals surface area (Å²) in [7, 11) is -9.77. The summed E-state index contributed by atoms with van der Waals surface area (Å²) in [6.45, 7) is 0.573. The highest BCUT2D eigenvalue weighted by Crippen LogP contribution is 2.58. The van der Waals surface area contributed by atoms with Gasteiger partial charge in [0.15, 0.2) is 0 Å². The van der Waals surface area contributed by atoms with Gasteiger partial charge in [-0.1, -0.05) is 0 Å². The highest BCUT2D eigenvalue weighted by molar-refractivity contribution is 7.70. The van der Waals surface area contributed by atoms with Gasteiger partial charge in [0.05, 0.1) is 6.10 Å².